The first-order valence-corrected chi connectivity index (χ1v) is 9.92. The zero-order chi connectivity index (χ0) is 23.5. The number of alkyl halides is 3. The lowest BCUT2D eigenvalue weighted by Crippen LogP contribution is -2.35. The van der Waals surface area contributed by atoms with E-state index in [-0.39, 0.29) is 17.5 Å². The number of anilines is 2. The summed E-state index contributed by atoms with van der Waals surface area (Å²) in [6, 6.07) is 10.9. The second-order valence-electron chi connectivity index (χ2n) is 7.20. The molecule has 1 aromatic heterocycles. The van der Waals surface area contributed by atoms with Crippen LogP contribution in [0.3, 0.4) is 0 Å². The van der Waals surface area contributed by atoms with Crippen molar-refractivity contribution in [2.24, 2.45) is 0 Å². The number of nitrogen functional groups attached to an aromatic ring is 1. The zero-order valence-electron chi connectivity index (χ0n) is 17.8. The second kappa shape index (κ2) is 9.21. The van der Waals surface area contributed by atoms with Crippen LogP contribution in [-0.4, -0.2) is 29.0 Å². The number of methoxy groups -OCH3 is 1. The molecular formula is C22H24F3N5O2. The standard InChI is InChI=1S/C22H24F3N5O2/c1-4-13(2)27-21(31)28-19-18(14-5-11-17(32-3)12-6-14)29-30(20(19)26)16-9-7-15(8-10-16)22(23,24)25/h5-13H,4,26H2,1-3H3,(H2,27,28,31). The number of nitrogens with one attached hydrogen (secondary N) is 2. The number of hydrogen-bond acceptors (Lipinski definition) is 4. The lowest BCUT2D eigenvalue weighted by atomic mass is 10.1. The molecule has 0 fully saturated rings. The number of carbonyl (C=O) groups excluding carboxylic acids is 1. The average Bonchev–Trinajstić information content (AvgIpc) is 3.09. The largest absolute Gasteiger partial charge is 0.497 e. The number of benzene rings is 2. The van der Waals surface area contributed by atoms with Crippen molar-refractivity contribution in [2.45, 2.75) is 32.5 Å². The van der Waals surface area contributed by atoms with Crippen LogP contribution in [0.25, 0.3) is 16.9 Å². The van der Waals surface area contributed by atoms with Gasteiger partial charge in [0.15, 0.2) is 5.82 Å². The van der Waals surface area contributed by atoms with Crippen molar-refractivity contribution < 1.29 is 22.7 Å². The zero-order valence-corrected chi connectivity index (χ0v) is 17.8. The fraction of sp³-hybridized carbons (Fsp3) is 0.273. The van der Waals surface area contributed by atoms with E-state index < -0.39 is 17.8 Å². The summed E-state index contributed by atoms with van der Waals surface area (Å²) < 4.78 is 45.2. The Morgan fingerprint density at radius 1 is 1.16 bits per heavy atom. The van der Waals surface area contributed by atoms with E-state index in [1.54, 1.807) is 31.4 Å². The molecule has 2 aromatic carbocycles. The van der Waals surface area contributed by atoms with Crippen molar-refractivity contribution >= 4 is 17.5 Å². The van der Waals surface area contributed by atoms with Crippen LogP contribution in [0.5, 0.6) is 5.75 Å². The molecule has 3 aromatic rings. The average molecular weight is 447 g/mol. The van der Waals surface area contributed by atoms with Gasteiger partial charge in [-0.05, 0) is 61.9 Å². The Morgan fingerprint density at radius 3 is 2.31 bits per heavy atom. The van der Waals surface area contributed by atoms with Gasteiger partial charge in [-0.1, -0.05) is 6.92 Å². The predicted octanol–water partition coefficient (Wildman–Crippen LogP) is 5.07. The summed E-state index contributed by atoms with van der Waals surface area (Å²) in [5.41, 5.74) is 7.06. The first-order valence-electron chi connectivity index (χ1n) is 9.92. The van der Waals surface area contributed by atoms with E-state index in [0.717, 1.165) is 18.6 Å². The molecule has 2 amide bonds. The highest BCUT2D eigenvalue weighted by molar-refractivity contribution is 5.98. The number of urea groups is 1. The molecule has 0 saturated carbocycles. The number of rotatable bonds is 6. The molecule has 10 heteroatoms. The van der Waals surface area contributed by atoms with E-state index in [0.29, 0.717) is 22.7 Å². The fourth-order valence-corrected chi connectivity index (χ4v) is 2.97. The summed E-state index contributed by atoms with van der Waals surface area (Å²) in [5, 5.41) is 9.99. The van der Waals surface area contributed by atoms with E-state index in [9.17, 15) is 18.0 Å². The molecule has 1 heterocycles. The van der Waals surface area contributed by atoms with Crippen LogP contribution in [-0.2, 0) is 6.18 Å². The van der Waals surface area contributed by atoms with E-state index in [4.69, 9.17) is 10.5 Å². The number of nitrogens with zero attached hydrogens (tertiary/aromatic N) is 2. The monoisotopic (exact) mass is 447 g/mol. The van der Waals surface area contributed by atoms with Gasteiger partial charge < -0.3 is 21.1 Å². The maximum absolute atomic E-state index is 12.9. The van der Waals surface area contributed by atoms with E-state index >= 15 is 0 Å². The number of nitrogens with two attached hydrogens (primary N) is 1. The first-order chi connectivity index (χ1) is 15.1. The van der Waals surface area contributed by atoms with Crippen LogP contribution in [0.4, 0.5) is 29.5 Å². The maximum atomic E-state index is 12.9. The third kappa shape index (κ3) is 4.96. The van der Waals surface area contributed by atoms with Crippen LogP contribution < -0.4 is 21.1 Å². The Labute approximate surface area is 183 Å². The van der Waals surface area contributed by atoms with E-state index in [1.807, 2.05) is 13.8 Å². The number of halogens is 3. The number of amides is 2. The lowest BCUT2D eigenvalue weighted by molar-refractivity contribution is -0.137. The first kappa shape index (κ1) is 23.0. The van der Waals surface area contributed by atoms with Gasteiger partial charge in [-0.3, -0.25) is 0 Å². The minimum atomic E-state index is -4.46. The summed E-state index contributed by atoms with van der Waals surface area (Å²) in [5.74, 6) is 0.711. The summed E-state index contributed by atoms with van der Waals surface area (Å²) in [6.07, 6.45) is -3.72. The third-order valence-corrected chi connectivity index (χ3v) is 4.95. The van der Waals surface area contributed by atoms with E-state index in [2.05, 4.69) is 15.7 Å². The molecule has 0 radical (unpaired) electrons. The minimum absolute atomic E-state index is 0.0642. The van der Waals surface area contributed by atoms with Crippen LogP contribution in [0.15, 0.2) is 48.5 Å². The van der Waals surface area contributed by atoms with Crippen molar-refractivity contribution in [3.05, 3.63) is 54.1 Å². The molecular weight excluding hydrogens is 423 g/mol. The number of carbonyl (C=O) groups is 1. The van der Waals surface area contributed by atoms with Crippen molar-refractivity contribution in [1.29, 1.82) is 0 Å². The molecule has 170 valence electrons. The Bertz CT molecular complexity index is 1080. The van der Waals surface area contributed by atoms with Gasteiger partial charge in [-0.25, -0.2) is 9.48 Å². The van der Waals surface area contributed by atoms with Gasteiger partial charge in [0.05, 0.1) is 18.4 Å². The molecule has 1 atom stereocenters. The molecule has 0 aliphatic carbocycles. The third-order valence-electron chi connectivity index (χ3n) is 4.95. The number of hydrogen-bond donors (Lipinski definition) is 3. The summed E-state index contributed by atoms with van der Waals surface area (Å²) in [4.78, 5) is 12.5. The van der Waals surface area contributed by atoms with Gasteiger partial charge in [0, 0.05) is 11.6 Å². The molecule has 0 bridgehead atoms. The highest BCUT2D eigenvalue weighted by Gasteiger charge is 2.30. The van der Waals surface area contributed by atoms with Crippen LogP contribution in [0.2, 0.25) is 0 Å². The van der Waals surface area contributed by atoms with Crippen molar-refractivity contribution in [3.63, 3.8) is 0 Å². The Kier molecular flexibility index (Phi) is 6.61. The molecule has 0 aliphatic heterocycles. The number of ether oxygens (including phenoxy) is 1. The van der Waals surface area contributed by atoms with Gasteiger partial charge >= 0.3 is 12.2 Å². The minimum Gasteiger partial charge on any atom is -0.497 e. The highest BCUT2D eigenvalue weighted by Crippen LogP contribution is 2.36. The Balaban J connectivity index is 2.05. The molecule has 0 saturated heterocycles. The summed E-state index contributed by atoms with van der Waals surface area (Å²) >= 11 is 0. The van der Waals surface area contributed by atoms with Crippen LogP contribution >= 0.6 is 0 Å². The fourth-order valence-electron chi connectivity index (χ4n) is 2.97. The molecule has 1 unspecified atom stereocenters. The molecule has 0 aliphatic rings. The molecule has 0 spiro atoms. The van der Waals surface area contributed by atoms with E-state index in [1.165, 1.54) is 16.8 Å². The van der Waals surface area contributed by atoms with Gasteiger partial charge in [0.1, 0.15) is 17.1 Å². The lowest BCUT2D eigenvalue weighted by Gasteiger charge is -2.13. The van der Waals surface area contributed by atoms with Crippen LogP contribution in [0, 0.1) is 0 Å². The Morgan fingerprint density at radius 2 is 1.78 bits per heavy atom. The molecule has 32 heavy (non-hydrogen) atoms. The molecule has 3 rings (SSSR count). The van der Waals surface area contributed by atoms with Gasteiger partial charge in [-0.2, -0.15) is 18.3 Å². The maximum Gasteiger partial charge on any atom is 0.416 e. The second-order valence-corrected chi connectivity index (χ2v) is 7.20. The SMILES string of the molecule is CCC(C)NC(=O)Nc1c(-c2ccc(OC)cc2)nn(-c2ccc(C(F)(F)F)cc2)c1N. The van der Waals surface area contributed by atoms with Crippen molar-refractivity contribution in [2.75, 3.05) is 18.2 Å². The summed E-state index contributed by atoms with van der Waals surface area (Å²) in [6.45, 7) is 3.80. The van der Waals surface area contributed by atoms with Crippen LogP contribution in [0.1, 0.15) is 25.8 Å². The number of aromatic nitrogens is 2. The van der Waals surface area contributed by atoms with Gasteiger partial charge in [0.2, 0.25) is 0 Å². The van der Waals surface area contributed by atoms with Gasteiger partial charge in [0.25, 0.3) is 0 Å². The normalized spacial score (nSPS) is 12.3. The quantitative estimate of drug-likeness (QED) is 0.492. The summed E-state index contributed by atoms with van der Waals surface area (Å²) in [7, 11) is 1.54. The van der Waals surface area contributed by atoms with Gasteiger partial charge in [-0.15, -0.1) is 0 Å². The highest BCUT2D eigenvalue weighted by atomic mass is 19.4. The molecule has 4 N–H and O–H groups in total. The molecule has 7 nitrogen and oxygen atoms in total. The predicted molar refractivity (Wildman–Crippen MR) is 117 cm³/mol. The topological polar surface area (TPSA) is 94.2 Å². The van der Waals surface area contributed by atoms with Crippen molar-refractivity contribution in [3.8, 4) is 22.7 Å². The Hall–Kier alpha value is -3.69. The van der Waals surface area contributed by atoms with Crippen molar-refractivity contribution in [1.82, 2.24) is 15.1 Å². The smallest absolute Gasteiger partial charge is 0.416 e.